The van der Waals surface area contributed by atoms with E-state index >= 15 is 0 Å². The molecule has 0 aliphatic heterocycles. The van der Waals surface area contributed by atoms with Crippen molar-refractivity contribution in [3.05, 3.63) is 20.9 Å². The Hall–Kier alpha value is -1.20. The van der Waals surface area contributed by atoms with Crippen molar-refractivity contribution in [2.24, 2.45) is 0 Å². The van der Waals surface area contributed by atoms with Crippen LogP contribution in [0.3, 0.4) is 0 Å². The van der Waals surface area contributed by atoms with E-state index in [1.54, 1.807) is 0 Å². The lowest BCUT2D eigenvalue weighted by Gasteiger charge is -2.12. The molecule has 0 atom stereocenters. The fourth-order valence-corrected chi connectivity index (χ4v) is 1.83. The molecule has 106 valence electrons. The zero-order valence-corrected chi connectivity index (χ0v) is 11.3. The second-order valence-electron chi connectivity index (χ2n) is 3.05. The Kier molecular flexibility index (Phi) is 4.87. The van der Waals surface area contributed by atoms with Gasteiger partial charge in [-0.1, -0.05) is 0 Å². The summed E-state index contributed by atoms with van der Waals surface area (Å²) < 4.78 is 68.7. The van der Waals surface area contributed by atoms with Crippen LogP contribution in [0.25, 0.3) is 0 Å². The number of ether oxygens (including phenoxy) is 2. The van der Waals surface area contributed by atoms with Gasteiger partial charge in [0.25, 0.3) is 6.43 Å². The predicted molar refractivity (Wildman–Crippen MR) is 59.9 cm³/mol. The Labute approximate surface area is 117 Å². The van der Waals surface area contributed by atoms with Gasteiger partial charge in [-0.15, -0.1) is 13.2 Å². The Morgan fingerprint density at radius 1 is 1.42 bits per heavy atom. The van der Waals surface area contributed by atoms with E-state index in [1.165, 1.54) is 22.6 Å². The SMILES string of the molecule is COC(=O)c1cc(OC(F)(F)F)nc(C(F)F)c1I. The Balaban J connectivity index is 3.35. The van der Waals surface area contributed by atoms with Gasteiger partial charge in [-0.2, -0.15) is 0 Å². The molecule has 0 aliphatic carbocycles. The van der Waals surface area contributed by atoms with Crippen LogP contribution in [-0.4, -0.2) is 24.4 Å². The topological polar surface area (TPSA) is 48.4 Å². The van der Waals surface area contributed by atoms with Gasteiger partial charge in [0, 0.05) is 6.07 Å². The van der Waals surface area contributed by atoms with Crippen molar-refractivity contribution >= 4 is 28.6 Å². The summed E-state index contributed by atoms with van der Waals surface area (Å²) in [6.07, 6.45) is -8.26. The first-order chi connectivity index (χ1) is 8.65. The second-order valence-corrected chi connectivity index (χ2v) is 4.13. The van der Waals surface area contributed by atoms with Gasteiger partial charge in [0.15, 0.2) is 0 Å². The lowest BCUT2D eigenvalue weighted by atomic mass is 10.2. The minimum absolute atomic E-state index is 0.297. The van der Waals surface area contributed by atoms with Crippen molar-refractivity contribution in [2.45, 2.75) is 12.8 Å². The molecule has 0 aromatic carbocycles. The van der Waals surface area contributed by atoms with Gasteiger partial charge >= 0.3 is 12.3 Å². The third kappa shape index (κ3) is 4.14. The molecular formula is C9H5F5INO3. The number of pyridine rings is 1. The molecule has 1 heterocycles. The van der Waals surface area contributed by atoms with E-state index in [9.17, 15) is 26.7 Å². The van der Waals surface area contributed by atoms with Crippen molar-refractivity contribution in [3.8, 4) is 5.88 Å². The minimum atomic E-state index is -5.10. The number of nitrogens with zero attached hydrogens (tertiary/aromatic N) is 1. The number of alkyl halides is 5. The lowest BCUT2D eigenvalue weighted by Crippen LogP contribution is -2.19. The summed E-state index contributed by atoms with van der Waals surface area (Å²) in [5, 5.41) is 0. The fourth-order valence-electron chi connectivity index (χ4n) is 1.10. The molecule has 0 radical (unpaired) electrons. The number of rotatable bonds is 3. The molecule has 10 heteroatoms. The number of carbonyl (C=O) groups is 1. The Morgan fingerprint density at radius 2 is 2.00 bits per heavy atom. The zero-order chi connectivity index (χ0) is 14.8. The summed E-state index contributed by atoms with van der Waals surface area (Å²) in [6, 6.07) is 0.590. The van der Waals surface area contributed by atoms with Crippen molar-refractivity contribution < 1.29 is 36.2 Å². The van der Waals surface area contributed by atoms with E-state index in [0.717, 1.165) is 7.11 Å². The lowest BCUT2D eigenvalue weighted by molar-refractivity contribution is -0.276. The summed E-state index contributed by atoms with van der Waals surface area (Å²) in [7, 11) is 0.963. The summed E-state index contributed by atoms with van der Waals surface area (Å²) in [4.78, 5) is 14.3. The highest BCUT2D eigenvalue weighted by Gasteiger charge is 2.33. The number of methoxy groups -OCH3 is 1. The van der Waals surface area contributed by atoms with Crippen LogP contribution in [0, 0.1) is 3.57 Å². The first-order valence-corrected chi connectivity index (χ1v) is 5.56. The van der Waals surface area contributed by atoms with E-state index in [-0.39, 0.29) is 3.57 Å². The highest BCUT2D eigenvalue weighted by molar-refractivity contribution is 14.1. The zero-order valence-electron chi connectivity index (χ0n) is 9.09. The van der Waals surface area contributed by atoms with Crippen molar-refractivity contribution in [2.75, 3.05) is 7.11 Å². The number of esters is 1. The molecule has 1 rings (SSSR count). The summed E-state index contributed by atoms with van der Waals surface area (Å²) in [5.41, 5.74) is -1.46. The van der Waals surface area contributed by atoms with Crippen LogP contribution < -0.4 is 4.74 Å². The first kappa shape index (κ1) is 15.9. The summed E-state index contributed by atoms with van der Waals surface area (Å²) >= 11 is 1.37. The van der Waals surface area contributed by atoms with E-state index in [4.69, 9.17) is 0 Å². The smallest absolute Gasteiger partial charge is 0.465 e. The average Bonchev–Trinajstić information content (AvgIpc) is 2.27. The molecule has 4 nitrogen and oxygen atoms in total. The van der Waals surface area contributed by atoms with Crippen LogP contribution in [0.2, 0.25) is 0 Å². The summed E-state index contributed by atoms with van der Waals surface area (Å²) in [6.45, 7) is 0. The normalized spacial score (nSPS) is 11.6. The maximum atomic E-state index is 12.6. The van der Waals surface area contributed by atoms with Gasteiger partial charge in [-0.25, -0.2) is 18.6 Å². The Bertz CT molecular complexity index is 491. The van der Waals surface area contributed by atoms with Gasteiger partial charge in [0.05, 0.1) is 16.2 Å². The Morgan fingerprint density at radius 3 is 2.42 bits per heavy atom. The van der Waals surface area contributed by atoms with Crippen LogP contribution >= 0.6 is 22.6 Å². The minimum Gasteiger partial charge on any atom is -0.465 e. The third-order valence-corrected chi connectivity index (χ3v) is 2.93. The molecule has 0 spiro atoms. The number of aromatic nitrogens is 1. The van der Waals surface area contributed by atoms with Gasteiger partial charge in [0.1, 0.15) is 5.69 Å². The number of hydrogen-bond acceptors (Lipinski definition) is 4. The van der Waals surface area contributed by atoms with E-state index in [1.807, 2.05) is 0 Å². The molecule has 0 unspecified atom stereocenters. The fraction of sp³-hybridized carbons (Fsp3) is 0.333. The maximum absolute atomic E-state index is 12.6. The number of hydrogen-bond donors (Lipinski definition) is 0. The second kappa shape index (κ2) is 5.84. The van der Waals surface area contributed by atoms with E-state index < -0.39 is 35.9 Å². The van der Waals surface area contributed by atoms with Gasteiger partial charge < -0.3 is 9.47 Å². The third-order valence-electron chi connectivity index (χ3n) is 1.79. The van der Waals surface area contributed by atoms with Crippen LogP contribution in [0.5, 0.6) is 5.88 Å². The molecule has 0 amide bonds. The summed E-state index contributed by atoms with van der Waals surface area (Å²) in [5.74, 6) is -2.22. The number of carbonyl (C=O) groups excluding carboxylic acids is 1. The molecule has 0 fully saturated rings. The van der Waals surface area contributed by atoms with Crippen molar-refractivity contribution in [1.29, 1.82) is 0 Å². The molecule has 1 aromatic rings. The van der Waals surface area contributed by atoms with Gasteiger partial charge in [-0.3, -0.25) is 0 Å². The largest absolute Gasteiger partial charge is 0.574 e. The van der Waals surface area contributed by atoms with E-state index in [0.29, 0.717) is 6.07 Å². The standard InChI is InChI=1S/C9H5F5INO3/c1-18-8(17)3-2-4(19-9(12,13)14)16-6(5(3)15)7(10)11/h2,7H,1H3. The van der Waals surface area contributed by atoms with Crippen LogP contribution in [0.15, 0.2) is 6.07 Å². The molecule has 0 saturated carbocycles. The monoisotopic (exact) mass is 397 g/mol. The van der Waals surface area contributed by atoms with Crippen LogP contribution in [-0.2, 0) is 4.74 Å². The van der Waals surface area contributed by atoms with Crippen LogP contribution in [0.1, 0.15) is 22.5 Å². The molecule has 0 saturated heterocycles. The molecule has 0 N–H and O–H groups in total. The molecule has 0 aliphatic rings. The van der Waals surface area contributed by atoms with E-state index in [2.05, 4.69) is 14.5 Å². The highest BCUT2D eigenvalue weighted by Crippen LogP contribution is 2.30. The molecule has 1 aromatic heterocycles. The van der Waals surface area contributed by atoms with Crippen molar-refractivity contribution in [1.82, 2.24) is 4.98 Å². The number of halogens is 6. The molecular weight excluding hydrogens is 392 g/mol. The van der Waals surface area contributed by atoms with Gasteiger partial charge in [-0.05, 0) is 22.6 Å². The van der Waals surface area contributed by atoms with Crippen LogP contribution in [0.4, 0.5) is 22.0 Å². The van der Waals surface area contributed by atoms with Gasteiger partial charge in [0.2, 0.25) is 5.88 Å². The maximum Gasteiger partial charge on any atom is 0.574 e. The highest BCUT2D eigenvalue weighted by atomic mass is 127. The quantitative estimate of drug-likeness (QED) is 0.446. The average molecular weight is 397 g/mol. The van der Waals surface area contributed by atoms with Crippen molar-refractivity contribution in [3.63, 3.8) is 0 Å². The molecule has 19 heavy (non-hydrogen) atoms. The first-order valence-electron chi connectivity index (χ1n) is 4.48. The predicted octanol–water partition coefficient (Wildman–Crippen LogP) is 3.31. The molecule has 0 bridgehead atoms.